The molecule has 3 N–H and O–H groups in total. The number of hydrogen-bond donors (Lipinski definition) is 2. The van der Waals surface area contributed by atoms with Crippen LogP contribution in [0.25, 0.3) is 0 Å². The molecule has 4 aliphatic rings. The molecule has 3 amide bonds. The number of hydrazone groups is 1. The number of nitriles is 1. The summed E-state index contributed by atoms with van der Waals surface area (Å²) < 4.78 is 0. The van der Waals surface area contributed by atoms with E-state index in [2.05, 4.69) is 16.6 Å². The van der Waals surface area contributed by atoms with Gasteiger partial charge in [0.25, 0.3) is 5.91 Å². The van der Waals surface area contributed by atoms with Gasteiger partial charge in [-0.3, -0.25) is 14.4 Å². The fraction of sp³-hybridized carbons (Fsp3) is 0.121. The number of imide groups is 1. The first-order chi connectivity index (χ1) is 20.0. The van der Waals surface area contributed by atoms with E-state index in [9.17, 15) is 19.6 Å². The van der Waals surface area contributed by atoms with Crippen LogP contribution in [-0.2, 0) is 15.0 Å². The SMILES string of the molecule is N#Cc1ccccc1N1C(=O)[C@@H]2C3c4ccccc4C(/C=N\NC(=O)c4ccccc4N)(c4ccccc43)[C@H]2C1=O. The number of hydrogen-bond acceptors (Lipinski definition) is 6. The summed E-state index contributed by atoms with van der Waals surface area (Å²) in [4.78, 5) is 42.8. The number of nitrogens with zero attached hydrogens (tertiary/aromatic N) is 3. The molecule has 8 heteroatoms. The average molecular weight is 538 g/mol. The van der Waals surface area contributed by atoms with E-state index < -0.39 is 29.1 Å². The Hall–Kier alpha value is -5.55. The van der Waals surface area contributed by atoms with Crippen LogP contribution in [0.1, 0.15) is 44.1 Å². The molecule has 2 atom stereocenters. The molecule has 1 heterocycles. The van der Waals surface area contributed by atoms with Gasteiger partial charge in [0.2, 0.25) is 11.8 Å². The number of rotatable bonds is 4. The van der Waals surface area contributed by atoms with Gasteiger partial charge in [0.1, 0.15) is 6.07 Å². The van der Waals surface area contributed by atoms with Gasteiger partial charge in [0.15, 0.2) is 0 Å². The molecule has 0 unspecified atom stereocenters. The van der Waals surface area contributed by atoms with E-state index in [1.165, 1.54) is 4.90 Å². The lowest BCUT2D eigenvalue weighted by Crippen LogP contribution is -2.54. The number of nitrogens with two attached hydrogens (primary N) is 1. The van der Waals surface area contributed by atoms with E-state index in [4.69, 9.17) is 5.73 Å². The number of benzene rings is 4. The minimum Gasteiger partial charge on any atom is -0.398 e. The fourth-order valence-corrected chi connectivity index (χ4v) is 7.01. The second-order valence-corrected chi connectivity index (χ2v) is 10.5. The first-order valence-corrected chi connectivity index (χ1v) is 13.2. The summed E-state index contributed by atoms with van der Waals surface area (Å²) in [5.41, 5.74) is 12.1. The van der Waals surface area contributed by atoms with E-state index >= 15 is 0 Å². The first-order valence-electron chi connectivity index (χ1n) is 13.2. The topological polar surface area (TPSA) is 129 Å². The molecular weight excluding hydrogens is 514 g/mol. The van der Waals surface area contributed by atoms with Crippen molar-refractivity contribution < 1.29 is 14.4 Å². The summed E-state index contributed by atoms with van der Waals surface area (Å²) in [5, 5.41) is 14.2. The molecule has 41 heavy (non-hydrogen) atoms. The molecule has 8 nitrogen and oxygen atoms in total. The quantitative estimate of drug-likeness (QED) is 0.175. The molecule has 4 aromatic rings. The van der Waals surface area contributed by atoms with E-state index in [1.807, 2.05) is 48.5 Å². The van der Waals surface area contributed by atoms with Gasteiger partial charge in [-0.15, -0.1) is 0 Å². The Bertz CT molecular complexity index is 1810. The summed E-state index contributed by atoms with van der Waals surface area (Å²) in [6, 6.07) is 31.0. The van der Waals surface area contributed by atoms with Crippen LogP contribution in [0.2, 0.25) is 0 Å². The highest BCUT2D eigenvalue weighted by Crippen LogP contribution is 2.63. The van der Waals surface area contributed by atoms with Crippen molar-refractivity contribution >= 4 is 35.3 Å². The third kappa shape index (κ3) is 3.26. The Morgan fingerprint density at radius 3 is 2.17 bits per heavy atom. The number of nitrogen functional groups attached to an aromatic ring is 1. The summed E-state index contributed by atoms with van der Waals surface area (Å²) in [5.74, 6) is -3.14. The Labute approximate surface area is 235 Å². The maximum atomic E-state index is 14.4. The number of nitrogens with one attached hydrogen (secondary N) is 1. The van der Waals surface area contributed by atoms with Crippen LogP contribution < -0.4 is 16.1 Å². The summed E-state index contributed by atoms with van der Waals surface area (Å²) in [6.45, 7) is 0. The van der Waals surface area contributed by atoms with E-state index in [0.29, 0.717) is 5.69 Å². The lowest BCUT2D eigenvalue weighted by molar-refractivity contribution is -0.122. The summed E-state index contributed by atoms with van der Waals surface area (Å²) in [7, 11) is 0. The molecule has 1 aliphatic heterocycles. The standard InChI is InChI=1S/C33H23N5O3/c34-17-19-9-1-8-16-26(19)38-31(40)28-27-20-10-2-5-13-23(20)33(29(28)32(38)41,24-14-6-3-11-21(24)27)18-36-37-30(39)22-12-4-7-15-25(22)35/h1-16,18,27-29H,35H2,(H,37,39)/b36-18-/t27?,28-,29-,33?/m1/s1. The second-order valence-electron chi connectivity index (χ2n) is 10.5. The Kier molecular flexibility index (Phi) is 5.37. The highest BCUT2D eigenvalue weighted by Gasteiger charge is 2.68. The molecule has 1 saturated heterocycles. The molecule has 0 saturated carbocycles. The number of anilines is 2. The van der Waals surface area contributed by atoms with Gasteiger partial charge >= 0.3 is 0 Å². The zero-order valence-corrected chi connectivity index (χ0v) is 21.7. The third-order valence-electron chi connectivity index (χ3n) is 8.59. The monoisotopic (exact) mass is 537 g/mol. The molecule has 0 spiro atoms. The number of para-hydroxylation sites is 2. The van der Waals surface area contributed by atoms with Crippen LogP contribution in [0.5, 0.6) is 0 Å². The van der Waals surface area contributed by atoms with Crippen molar-refractivity contribution in [1.29, 1.82) is 5.26 Å². The highest BCUT2D eigenvalue weighted by atomic mass is 16.2. The molecule has 1 fully saturated rings. The van der Waals surface area contributed by atoms with E-state index in [-0.39, 0.29) is 28.6 Å². The Morgan fingerprint density at radius 2 is 1.49 bits per heavy atom. The molecule has 8 rings (SSSR count). The summed E-state index contributed by atoms with van der Waals surface area (Å²) >= 11 is 0. The molecule has 0 radical (unpaired) electrons. The maximum Gasteiger partial charge on any atom is 0.273 e. The largest absolute Gasteiger partial charge is 0.398 e. The molecule has 0 aromatic heterocycles. The van der Waals surface area contributed by atoms with Crippen LogP contribution in [-0.4, -0.2) is 23.9 Å². The number of amides is 3. The summed E-state index contributed by atoms with van der Waals surface area (Å²) in [6.07, 6.45) is 1.60. The van der Waals surface area contributed by atoms with Crippen molar-refractivity contribution in [3.63, 3.8) is 0 Å². The van der Waals surface area contributed by atoms with Gasteiger partial charge in [0.05, 0.1) is 34.1 Å². The molecule has 198 valence electrons. The Morgan fingerprint density at radius 1 is 0.878 bits per heavy atom. The zero-order valence-electron chi connectivity index (χ0n) is 21.7. The lowest BCUT2D eigenvalue weighted by atomic mass is 9.47. The molecule has 3 aliphatic carbocycles. The second kappa shape index (κ2) is 9.00. The predicted octanol–water partition coefficient (Wildman–Crippen LogP) is 4.11. The Balaban J connectivity index is 1.42. The van der Waals surface area contributed by atoms with Crippen molar-refractivity contribution in [2.75, 3.05) is 10.6 Å². The lowest BCUT2D eigenvalue weighted by Gasteiger charge is -2.52. The van der Waals surface area contributed by atoms with Crippen LogP contribution in [0.15, 0.2) is 102 Å². The van der Waals surface area contributed by atoms with E-state index in [1.54, 1.807) is 54.7 Å². The van der Waals surface area contributed by atoms with Gasteiger partial charge in [-0.2, -0.15) is 10.4 Å². The van der Waals surface area contributed by atoms with Crippen LogP contribution in [0.4, 0.5) is 11.4 Å². The van der Waals surface area contributed by atoms with Crippen LogP contribution >= 0.6 is 0 Å². The molecule has 2 bridgehead atoms. The average Bonchev–Trinajstić information content (AvgIpc) is 3.27. The van der Waals surface area contributed by atoms with Crippen molar-refractivity contribution in [2.45, 2.75) is 11.3 Å². The zero-order chi connectivity index (χ0) is 28.3. The van der Waals surface area contributed by atoms with Crippen molar-refractivity contribution in [2.24, 2.45) is 16.9 Å². The minimum atomic E-state index is -1.15. The van der Waals surface area contributed by atoms with Gasteiger partial charge < -0.3 is 5.73 Å². The van der Waals surface area contributed by atoms with Gasteiger partial charge in [-0.25, -0.2) is 10.3 Å². The first kappa shape index (κ1) is 24.5. The predicted molar refractivity (Wildman–Crippen MR) is 153 cm³/mol. The van der Waals surface area contributed by atoms with Crippen molar-refractivity contribution in [3.8, 4) is 6.07 Å². The highest BCUT2D eigenvalue weighted by molar-refractivity contribution is 6.25. The van der Waals surface area contributed by atoms with Crippen LogP contribution in [0, 0.1) is 23.2 Å². The van der Waals surface area contributed by atoms with Gasteiger partial charge in [-0.05, 0) is 46.5 Å². The van der Waals surface area contributed by atoms with E-state index in [0.717, 1.165) is 22.3 Å². The minimum absolute atomic E-state index is 0.241. The van der Waals surface area contributed by atoms with Gasteiger partial charge in [-0.1, -0.05) is 72.8 Å². The fourth-order valence-electron chi connectivity index (χ4n) is 7.01. The van der Waals surface area contributed by atoms with Crippen LogP contribution in [0.3, 0.4) is 0 Å². The molecule has 4 aromatic carbocycles. The number of carbonyl (C=O) groups excluding carboxylic acids is 3. The normalized spacial score (nSPS) is 23.6. The van der Waals surface area contributed by atoms with Crippen molar-refractivity contribution in [3.05, 3.63) is 130 Å². The van der Waals surface area contributed by atoms with Crippen molar-refractivity contribution in [1.82, 2.24) is 5.43 Å². The maximum absolute atomic E-state index is 14.4. The smallest absolute Gasteiger partial charge is 0.273 e. The molecular formula is C33H23N5O3. The number of carbonyl (C=O) groups is 3. The third-order valence-corrected chi connectivity index (χ3v) is 8.59. The van der Waals surface area contributed by atoms with Gasteiger partial charge in [0, 0.05) is 17.8 Å².